The summed E-state index contributed by atoms with van der Waals surface area (Å²) in [4.78, 5) is 23.8. The van der Waals surface area contributed by atoms with Crippen molar-refractivity contribution < 1.29 is 38.8 Å². The highest BCUT2D eigenvalue weighted by Gasteiger charge is 2.69. The first-order valence-corrected chi connectivity index (χ1v) is 10.5. The number of hydrogen-bond donors (Lipinski definition) is 4. The minimum atomic E-state index is -2.40. The quantitative estimate of drug-likeness (QED) is 0.385. The van der Waals surface area contributed by atoms with E-state index in [-0.39, 0.29) is 49.4 Å². The predicted molar refractivity (Wildman–Crippen MR) is 108 cm³/mol. The lowest BCUT2D eigenvalue weighted by Gasteiger charge is -2.62. The molecule has 0 bridgehead atoms. The number of aliphatic hydroxyl groups excluding tert-OH is 3. The molecule has 1 fully saturated rings. The van der Waals surface area contributed by atoms with Crippen LogP contribution >= 0.6 is 0 Å². The Morgan fingerprint density at radius 3 is 2.58 bits per heavy atom. The van der Waals surface area contributed by atoms with E-state index in [4.69, 9.17) is 0 Å². The lowest BCUT2D eigenvalue weighted by molar-refractivity contribution is -0.194. The Morgan fingerprint density at radius 1 is 1.39 bits per heavy atom. The van der Waals surface area contributed by atoms with Crippen molar-refractivity contribution in [2.24, 2.45) is 28.6 Å². The maximum Gasteiger partial charge on any atom is 0.303 e. The maximum absolute atomic E-state index is 17.1. The van der Waals surface area contributed by atoms with Crippen molar-refractivity contribution in [3.05, 3.63) is 35.4 Å². The number of fused-ring (bicyclic) bond motifs is 3. The van der Waals surface area contributed by atoms with Gasteiger partial charge in [0.25, 0.3) is 0 Å². The van der Waals surface area contributed by atoms with E-state index in [9.17, 15) is 30.0 Å². The van der Waals surface area contributed by atoms with Crippen molar-refractivity contribution in [1.29, 1.82) is 0 Å². The van der Waals surface area contributed by atoms with Gasteiger partial charge in [-0.25, -0.2) is 8.78 Å². The molecule has 0 aromatic rings. The molecule has 8 heteroatoms. The number of carbonyl (C=O) groups excluding carboxylic acids is 1. The van der Waals surface area contributed by atoms with Gasteiger partial charge < -0.3 is 20.4 Å². The second-order valence-electron chi connectivity index (χ2n) is 9.97. The van der Waals surface area contributed by atoms with E-state index >= 15 is 8.78 Å². The van der Waals surface area contributed by atoms with E-state index in [1.807, 2.05) is 0 Å². The van der Waals surface area contributed by atoms with Crippen molar-refractivity contribution in [1.82, 2.24) is 0 Å². The highest BCUT2D eigenvalue weighted by Crippen LogP contribution is 2.66. The molecule has 1 saturated carbocycles. The molecule has 6 nitrogen and oxygen atoms in total. The molecule has 0 heterocycles. The van der Waals surface area contributed by atoms with Crippen molar-refractivity contribution >= 4 is 11.8 Å². The second kappa shape index (κ2) is 7.81. The van der Waals surface area contributed by atoms with Gasteiger partial charge in [-0.1, -0.05) is 20.8 Å². The normalized spacial score (nSPS) is 42.4. The molecule has 0 amide bonds. The van der Waals surface area contributed by atoms with Crippen LogP contribution in [0.5, 0.6) is 0 Å². The number of halogens is 2. The average Bonchev–Trinajstić information content (AvgIpc) is 2.68. The van der Waals surface area contributed by atoms with Crippen LogP contribution in [-0.4, -0.2) is 50.6 Å². The van der Waals surface area contributed by atoms with Crippen LogP contribution in [0.2, 0.25) is 0 Å². The summed E-state index contributed by atoms with van der Waals surface area (Å²) in [6.45, 7) is 4.63. The van der Waals surface area contributed by atoms with Crippen molar-refractivity contribution in [2.75, 3.05) is 6.61 Å². The number of carboxylic acid groups (broad SMARTS) is 1. The fourth-order valence-electron chi connectivity index (χ4n) is 6.13. The zero-order chi connectivity index (χ0) is 23.4. The van der Waals surface area contributed by atoms with Crippen LogP contribution in [0.1, 0.15) is 46.5 Å². The van der Waals surface area contributed by atoms with E-state index < -0.39 is 52.0 Å². The maximum atomic E-state index is 17.1. The Bertz CT molecular complexity index is 879. The molecule has 0 spiro atoms. The molecule has 172 valence electrons. The van der Waals surface area contributed by atoms with E-state index in [1.165, 1.54) is 6.92 Å². The van der Waals surface area contributed by atoms with E-state index in [0.29, 0.717) is 6.26 Å². The summed E-state index contributed by atoms with van der Waals surface area (Å²) in [6, 6.07) is 0. The Labute approximate surface area is 180 Å². The fourth-order valence-corrected chi connectivity index (χ4v) is 6.13. The Kier molecular flexibility index (Phi) is 5.95. The summed E-state index contributed by atoms with van der Waals surface area (Å²) in [5.74, 6) is -4.65. The van der Waals surface area contributed by atoms with E-state index in [0.717, 1.165) is 12.2 Å². The molecule has 0 radical (unpaired) electrons. The number of aliphatic carboxylic acids is 1. The van der Waals surface area contributed by atoms with Gasteiger partial charge in [0.2, 0.25) is 0 Å². The fraction of sp³-hybridized carbons (Fsp3) is 0.652. The first kappa shape index (κ1) is 23.6. The van der Waals surface area contributed by atoms with Crippen LogP contribution in [-0.2, 0) is 9.59 Å². The molecule has 0 aromatic carbocycles. The number of allylic oxidation sites excluding steroid dienone is 5. The molecule has 3 aliphatic carbocycles. The number of carboxylic acids is 1. The first-order valence-electron chi connectivity index (χ1n) is 10.5. The lowest BCUT2D eigenvalue weighted by Crippen LogP contribution is -2.67. The van der Waals surface area contributed by atoms with Gasteiger partial charge in [-0.05, 0) is 48.7 Å². The highest BCUT2D eigenvalue weighted by molar-refractivity contribution is 6.06. The number of ketones is 1. The number of alkyl halides is 1. The third-order valence-electron chi connectivity index (χ3n) is 7.80. The summed E-state index contributed by atoms with van der Waals surface area (Å²) < 4.78 is 32.4. The largest absolute Gasteiger partial charge is 0.515 e. The minimum absolute atomic E-state index is 0.0805. The third kappa shape index (κ3) is 3.44. The van der Waals surface area contributed by atoms with Crippen molar-refractivity contribution in [3.63, 3.8) is 0 Å². The zero-order valence-corrected chi connectivity index (χ0v) is 17.9. The third-order valence-corrected chi connectivity index (χ3v) is 7.80. The van der Waals surface area contributed by atoms with Crippen LogP contribution in [0.3, 0.4) is 0 Å². The number of aliphatic hydroxyl groups is 3. The molecule has 3 aliphatic rings. The van der Waals surface area contributed by atoms with Crippen LogP contribution < -0.4 is 0 Å². The van der Waals surface area contributed by atoms with Crippen LogP contribution in [0.25, 0.3) is 0 Å². The second-order valence-corrected chi connectivity index (χ2v) is 9.97. The minimum Gasteiger partial charge on any atom is -0.515 e. The number of hydrogen-bond acceptors (Lipinski definition) is 5. The number of rotatable bonds is 5. The molecule has 7 atom stereocenters. The van der Waals surface area contributed by atoms with Crippen LogP contribution in [0, 0.1) is 28.6 Å². The SMILES string of the molecule is C[C@@H](CO)CC1C2C=C(F)C3=CC(=O)/C(=C\O)C[C@]3(C)[C@@]2(F)[C@@H](O)C[C@]1(C)CC(=O)O. The first-order chi connectivity index (χ1) is 14.3. The molecule has 2 unspecified atom stereocenters. The molecule has 0 aromatic heterocycles. The monoisotopic (exact) mass is 440 g/mol. The Morgan fingerprint density at radius 2 is 2.03 bits per heavy atom. The molecule has 3 rings (SSSR count). The summed E-state index contributed by atoms with van der Waals surface area (Å²) >= 11 is 0. The molecule has 0 saturated heterocycles. The highest BCUT2D eigenvalue weighted by atomic mass is 19.1. The summed E-state index contributed by atoms with van der Waals surface area (Å²) in [7, 11) is 0. The van der Waals surface area contributed by atoms with Gasteiger partial charge in [-0.15, -0.1) is 0 Å². The molecular weight excluding hydrogens is 410 g/mol. The van der Waals surface area contributed by atoms with Gasteiger partial charge in [0.05, 0.1) is 18.8 Å². The van der Waals surface area contributed by atoms with Gasteiger partial charge in [-0.2, -0.15) is 0 Å². The Balaban J connectivity index is 2.23. The molecule has 0 aliphatic heterocycles. The van der Waals surface area contributed by atoms with Gasteiger partial charge in [0, 0.05) is 29.1 Å². The zero-order valence-electron chi connectivity index (χ0n) is 17.9. The van der Waals surface area contributed by atoms with Gasteiger partial charge in [0.15, 0.2) is 11.5 Å². The smallest absolute Gasteiger partial charge is 0.303 e. The predicted octanol–water partition coefficient (Wildman–Crippen LogP) is 3.41. The molecule has 4 N–H and O–H groups in total. The lowest BCUT2D eigenvalue weighted by atomic mass is 9.44. The summed E-state index contributed by atoms with van der Waals surface area (Å²) in [5.41, 5.74) is -5.31. The standard InChI is InChI=1S/C23H30F2O6/c1-12(10-26)4-14-15-5-17(24)16-6-18(28)13(11-27)7-22(16,3)23(15,25)19(29)8-21(14,2)9-20(30)31/h5-6,11-12,14-15,19,26-27,29H,4,7-10H2,1-3H3,(H,30,31)/b13-11-/t12-,14?,15?,19+,21-,22+,23+/m1/s1. The van der Waals surface area contributed by atoms with Gasteiger partial charge >= 0.3 is 5.97 Å². The van der Waals surface area contributed by atoms with Gasteiger partial charge in [0.1, 0.15) is 5.83 Å². The molecule has 31 heavy (non-hydrogen) atoms. The number of carbonyl (C=O) groups is 2. The van der Waals surface area contributed by atoms with E-state index in [2.05, 4.69) is 0 Å². The summed E-state index contributed by atoms with van der Waals surface area (Å²) in [5, 5.41) is 39.6. The van der Waals surface area contributed by atoms with Crippen molar-refractivity contribution in [3.8, 4) is 0 Å². The topological polar surface area (TPSA) is 115 Å². The van der Waals surface area contributed by atoms with E-state index in [1.54, 1.807) is 13.8 Å². The molecular formula is C23H30F2O6. The summed E-state index contributed by atoms with van der Waals surface area (Å²) in [6.07, 6.45) is 0.456. The van der Waals surface area contributed by atoms with Crippen LogP contribution in [0.15, 0.2) is 35.4 Å². The van der Waals surface area contributed by atoms with Crippen LogP contribution in [0.4, 0.5) is 8.78 Å². The Hall–Kier alpha value is -2.06. The average molecular weight is 440 g/mol. The van der Waals surface area contributed by atoms with Gasteiger partial charge in [-0.3, -0.25) is 9.59 Å². The van der Waals surface area contributed by atoms with Crippen molar-refractivity contribution in [2.45, 2.75) is 58.2 Å².